The van der Waals surface area contributed by atoms with E-state index in [1.165, 1.54) is 7.11 Å². The Kier molecular flexibility index (Phi) is 4.31. The van der Waals surface area contributed by atoms with Crippen molar-refractivity contribution in [1.82, 2.24) is 0 Å². The molecule has 1 aromatic carbocycles. The van der Waals surface area contributed by atoms with Gasteiger partial charge in [-0.3, -0.25) is 4.79 Å². The summed E-state index contributed by atoms with van der Waals surface area (Å²) in [6, 6.07) is 7.63. The normalized spacial score (nSPS) is 12.2. The first-order valence-electron chi connectivity index (χ1n) is 4.95. The monoisotopic (exact) mass is 208 g/mol. The summed E-state index contributed by atoms with van der Waals surface area (Å²) in [5, 5.41) is 9.75. The quantitative estimate of drug-likeness (QED) is 0.769. The van der Waals surface area contributed by atoms with Crippen LogP contribution < -0.4 is 0 Å². The minimum absolute atomic E-state index is 0.242. The minimum atomic E-state index is -0.593. The van der Waals surface area contributed by atoms with E-state index in [1.54, 1.807) is 0 Å². The summed E-state index contributed by atoms with van der Waals surface area (Å²) in [4.78, 5) is 10.9. The highest BCUT2D eigenvalue weighted by atomic mass is 16.5. The molecule has 0 amide bonds. The molecule has 0 aliphatic rings. The van der Waals surface area contributed by atoms with Crippen LogP contribution in [0.4, 0.5) is 0 Å². The van der Waals surface area contributed by atoms with Crippen LogP contribution in [0.25, 0.3) is 0 Å². The van der Waals surface area contributed by atoms with Gasteiger partial charge >= 0.3 is 5.97 Å². The summed E-state index contributed by atoms with van der Waals surface area (Å²) in [6.07, 6.45) is 0.0473. The van der Waals surface area contributed by atoms with Crippen LogP contribution in [0.3, 0.4) is 0 Å². The lowest BCUT2D eigenvalue weighted by molar-refractivity contribution is -0.141. The Balaban J connectivity index is 2.50. The molecule has 0 fully saturated rings. The van der Waals surface area contributed by atoms with Crippen molar-refractivity contribution >= 4 is 5.97 Å². The Morgan fingerprint density at radius 1 is 1.40 bits per heavy atom. The predicted molar refractivity (Wildman–Crippen MR) is 57.4 cm³/mol. The smallest absolute Gasteiger partial charge is 0.305 e. The second kappa shape index (κ2) is 5.51. The molecule has 1 rings (SSSR count). The third-order valence-electron chi connectivity index (χ3n) is 2.31. The SMILES string of the molecule is COC(=O)CC[C@@H](O)c1ccc(C)cc1. The Morgan fingerprint density at radius 3 is 2.53 bits per heavy atom. The van der Waals surface area contributed by atoms with Gasteiger partial charge in [0.2, 0.25) is 0 Å². The number of aryl methyl sites for hydroxylation is 1. The first-order chi connectivity index (χ1) is 7.13. The number of esters is 1. The molecule has 0 aromatic heterocycles. The van der Waals surface area contributed by atoms with E-state index in [1.807, 2.05) is 31.2 Å². The highest BCUT2D eigenvalue weighted by Crippen LogP contribution is 2.18. The van der Waals surface area contributed by atoms with Gasteiger partial charge in [0.1, 0.15) is 0 Å². The lowest BCUT2D eigenvalue weighted by atomic mass is 10.0. The van der Waals surface area contributed by atoms with Gasteiger partial charge in [0.25, 0.3) is 0 Å². The topological polar surface area (TPSA) is 46.5 Å². The van der Waals surface area contributed by atoms with Crippen molar-refractivity contribution in [2.45, 2.75) is 25.9 Å². The van der Waals surface area contributed by atoms with Crippen molar-refractivity contribution < 1.29 is 14.6 Å². The van der Waals surface area contributed by atoms with Gasteiger partial charge < -0.3 is 9.84 Å². The van der Waals surface area contributed by atoms with Crippen molar-refractivity contribution in [3.05, 3.63) is 35.4 Å². The summed E-state index contributed by atoms with van der Waals surface area (Å²) in [7, 11) is 1.35. The van der Waals surface area contributed by atoms with Crippen LogP contribution in [0.5, 0.6) is 0 Å². The molecule has 0 bridgehead atoms. The van der Waals surface area contributed by atoms with Crippen LogP contribution in [0.2, 0.25) is 0 Å². The molecule has 3 heteroatoms. The Morgan fingerprint density at radius 2 is 2.00 bits per heavy atom. The standard InChI is InChI=1S/C12H16O3/c1-9-3-5-10(6-4-9)11(13)7-8-12(14)15-2/h3-6,11,13H,7-8H2,1-2H3/t11-/m1/s1. The number of aliphatic hydroxyl groups is 1. The number of rotatable bonds is 4. The van der Waals surface area contributed by atoms with Crippen LogP contribution in [-0.4, -0.2) is 18.2 Å². The summed E-state index contributed by atoms with van der Waals surface area (Å²) < 4.78 is 4.51. The molecular formula is C12H16O3. The average Bonchev–Trinajstić information content (AvgIpc) is 2.26. The van der Waals surface area contributed by atoms with Gasteiger partial charge in [0, 0.05) is 6.42 Å². The molecule has 0 unspecified atom stereocenters. The Bertz CT molecular complexity index is 316. The van der Waals surface area contributed by atoms with Crippen LogP contribution in [0.1, 0.15) is 30.1 Å². The van der Waals surface area contributed by atoms with Gasteiger partial charge in [-0.25, -0.2) is 0 Å². The van der Waals surface area contributed by atoms with Gasteiger partial charge in [-0.05, 0) is 18.9 Å². The molecular weight excluding hydrogens is 192 g/mol. The lowest BCUT2D eigenvalue weighted by Crippen LogP contribution is -2.04. The number of hydrogen-bond acceptors (Lipinski definition) is 3. The van der Waals surface area contributed by atoms with Gasteiger partial charge in [-0.1, -0.05) is 29.8 Å². The number of benzene rings is 1. The van der Waals surface area contributed by atoms with Crippen LogP contribution in [0.15, 0.2) is 24.3 Å². The first kappa shape index (κ1) is 11.7. The van der Waals surface area contributed by atoms with E-state index in [0.717, 1.165) is 11.1 Å². The fraction of sp³-hybridized carbons (Fsp3) is 0.417. The van der Waals surface area contributed by atoms with Crippen molar-refractivity contribution in [3.8, 4) is 0 Å². The van der Waals surface area contributed by atoms with Crippen molar-refractivity contribution in [1.29, 1.82) is 0 Å². The second-order valence-electron chi connectivity index (χ2n) is 3.54. The van der Waals surface area contributed by atoms with Crippen LogP contribution in [0, 0.1) is 6.92 Å². The minimum Gasteiger partial charge on any atom is -0.469 e. The lowest BCUT2D eigenvalue weighted by Gasteiger charge is -2.10. The zero-order chi connectivity index (χ0) is 11.3. The predicted octanol–water partition coefficient (Wildman–Crippen LogP) is 1.98. The van der Waals surface area contributed by atoms with Crippen molar-refractivity contribution in [3.63, 3.8) is 0 Å². The Hall–Kier alpha value is -1.35. The molecule has 0 spiro atoms. The van der Waals surface area contributed by atoms with Crippen molar-refractivity contribution in [2.75, 3.05) is 7.11 Å². The molecule has 3 nitrogen and oxygen atoms in total. The van der Waals surface area contributed by atoms with Gasteiger partial charge in [-0.15, -0.1) is 0 Å². The molecule has 0 heterocycles. The fourth-order valence-corrected chi connectivity index (χ4v) is 1.31. The van der Waals surface area contributed by atoms with E-state index < -0.39 is 6.10 Å². The van der Waals surface area contributed by atoms with Crippen molar-refractivity contribution in [2.24, 2.45) is 0 Å². The van der Waals surface area contributed by atoms with E-state index in [4.69, 9.17) is 0 Å². The number of carbonyl (C=O) groups is 1. The number of aliphatic hydroxyl groups excluding tert-OH is 1. The van der Waals surface area contributed by atoms with E-state index in [-0.39, 0.29) is 12.4 Å². The maximum atomic E-state index is 10.9. The molecule has 1 atom stereocenters. The molecule has 0 radical (unpaired) electrons. The van der Waals surface area contributed by atoms with E-state index >= 15 is 0 Å². The fourth-order valence-electron chi connectivity index (χ4n) is 1.31. The summed E-state index contributed by atoms with van der Waals surface area (Å²) in [6.45, 7) is 1.99. The number of ether oxygens (including phenoxy) is 1. The summed E-state index contributed by atoms with van der Waals surface area (Å²) >= 11 is 0. The molecule has 82 valence electrons. The maximum absolute atomic E-state index is 10.9. The molecule has 0 aliphatic heterocycles. The van der Waals surface area contributed by atoms with E-state index in [2.05, 4.69) is 4.74 Å². The molecule has 15 heavy (non-hydrogen) atoms. The number of carbonyl (C=O) groups excluding carboxylic acids is 1. The number of hydrogen-bond donors (Lipinski definition) is 1. The average molecular weight is 208 g/mol. The van der Waals surface area contributed by atoms with Crippen LogP contribution >= 0.6 is 0 Å². The Labute approximate surface area is 89.7 Å². The molecule has 1 aromatic rings. The third kappa shape index (κ3) is 3.72. The van der Waals surface area contributed by atoms with Gasteiger partial charge in [0.05, 0.1) is 13.2 Å². The zero-order valence-corrected chi connectivity index (χ0v) is 9.06. The largest absolute Gasteiger partial charge is 0.469 e. The first-order valence-corrected chi connectivity index (χ1v) is 4.95. The van der Waals surface area contributed by atoms with E-state index in [9.17, 15) is 9.90 Å². The van der Waals surface area contributed by atoms with Crippen LogP contribution in [-0.2, 0) is 9.53 Å². The molecule has 0 saturated carbocycles. The molecule has 0 aliphatic carbocycles. The maximum Gasteiger partial charge on any atom is 0.305 e. The zero-order valence-electron chi connectivity index (χ0n) is 9.06. The van der Waals surface area contributed by atoms with Gasteiger partial charge in [-0.2, -0.15) is 0 Å². The number of methoxy groups -OCH3 is 1. The van der Waals surface area contributed by atoms with E-state index in [0.29, 0.717) is 6.42 Å². The second-order valence-corrected chi connectivity index (χ2v) is 3.54. The van der Waals surface area contributed by atoms with Gasteiger partial charge in [0.15, 0.2) is 0 Å². The summed E-state index contributed by atoms with van der Waals surface area (Å²) in [5.41, 5.74) is 1.99. The highest BCUT2D eigenvalue weighted by Gasteiger charge is 2.09. The molecule has 0 saturated heterocycles. The third-order valence-corrected chi connectivity index (χ3v) is 2.31. The summed E-state index contributed by atoms with van der Waals surface area (Å²) in [5.74, 6) is -0.291. The highest BCUT2D eigenvalue weighted by molar-refractivity contribution is 5.69. The molecule has 1 N–H and O–H groups in total.